The summed E-state index contributed by atoms with van der Waals surface area (Å²) in [6, 6.07) is 9.02. The molecule has 29 heavy (non-hydrogen) atoms. The van der Waals surface area contributed by atoms with Crippen LogP contribution in [0.1, 0.15) is 6.42 Å². The molecule has 1 aliphatic rings. The van der Waals surface area contributed by atoms with Crippen molar-refractivity contribution in [1.29, 1.82) is 0 Å². The lowest BCUT2D eigenvalue weighted by Gasteiger charge is -2.23. The zero-order chi connectivity index (χ0) is 20.8. The SMILES string of the molecule is CN(C(=O)COc1cc(O)c2c(=O)c3ccccc3oc2c1)[C@@H]1CCS(=O)(=O)C1. The maximum Gasteiger partial charge on any atom is 0.260 e. The van der Waals surface area contributed by atoms with Crippen LogP contribution in [-0.4, -0.2) is 55.5 Å². The molecule has 1 aromatic heterocycles. The van der Waals surface area contributed by atoms with Crippen molar-refractivity contribution in [3.8, 4) is 11.5 Å². The van der Waals surface area contributed by atoms with Crippen LogP contribution in [-0.2, 0) is 14.6 Å². The number of nitrogens with zero attached hydrogens (tertiary/aromatic N) is 1. The number of likely N-dealkylation sites (N-methyl/N-ethyl adjacent to an activating group) is 1. The number of fused-ring (bicyclic) bond motifs is 2. The van der Waals surface area contributed by atoms with Crippen molar-refractivity contribution in [2.75, 3.05) is 25.2 Å². The van der Waals surface area contributed by atoms with Gasteiger partial charge in [0.05, 0.1) is 16.9 Å². The average molecular weight is 417 g/mol. The van der Waals surface area contributed by atoms with Gasteiger partial charge in [0.1, 0.15) is 28.1 Å². The molecule has 4 rings (SSSR count). The van der Waals surface area contributed by atoms with Gasteiger partial charge in [-0.05, 0) is 18.6 Å². The van der Waals surface area contributed by atoms with Gasteiger partial charge in [-0.3, -0.25) is 9.59 Å². The van der Waals surface area contributed by atoms with E-state index < -0.39 is 9.84 Å². The summed E-state index contributed by atoms with van der Waals surface area (Å²) in [6.07, 6.45) is 0.402. The van der Waals surface area contributed by atoms with Crippen LogP contribution in [0.4, 0.5) is 0 Å². The van der Waals surface area contributed by atoms with Gasteiger partial charge in [-0.1, -0.05) is 12.1 Å². The van der Waals surface area contributed by atoms with Gasteiger partial charge < -0.3 is 19.2 Å². The number of phenolic OH excluding ortho intramolecular Hbond substituents is 1. The molecule has 0 aliphatic carbocycles. The van der Waals surface area contributed by atoms with E-state index in [1.165, 1.54) is 17.0 Å². The molecular formula is C20H19NO7S. The highest BCUT2D eigenvalue weighted by Crippen LogP contribution is 2.30. The molecule has 1 saturated heterocycles. The number of carbonyl (C=O) groups is 1. The van der Waals surface area contributed by atoms with E-state index in [2.05, 4.69) is 0 Å². The van der Waals surface area contributed by atoms with E-state index in [1.807, 2.05) is 0 Å². The van der Waals surface area contributed by atoms with E-state index in [4.69, 9.17) is 9.15 Å². The van der Waals surface area contributed by atoms with E-state index in [1.54, 1.807) is 31.3 Å². The van der Waals surface area contributed by atoms with Crippen molar-refractivity contribution in [2.24, 2.45) is 0 Å². The van der Waals surface area contributed by atoms with Crippen LogP contribution >= 0.6 is 0 Å². The lowest BCUT2D eigenvalue weighted by atomic mass is 10.1. The molecule has 1 amide bonds. The molecule has 0 unspecified atom stereocenters. The predicted octanol–water partition coefficient (Wildman–Crippen LogP) is 1.68. The standard InChI is InChI=1S/C20H19NO7S/c1-21(12-6-7-29(25,26)11-12)18(23)10-27-13-8-15(22)19-17(9-13)28-16-5-3-2-4-14(16)20(19)24/h2-5,8-9,12,22H,6-7,10-11H2,1H3/t12-/m1/s1. The van der Waals surface area contributed by atoms with Gasteiger partial charge in [-0.2, -0.15) is 0 Å². The fourth-order valence-corrected chi connectivity index (χ4v) is 5.27. The highest BCUT2D eigenvalue weighted by Gasteiger charge is 2.32. The molecule has 152 valence electrons. The van der Waals surface area contributed by atoms with Crippen LogP contribution in [0.5, 0.6) is 11.5 Å². The summed E-state index contributed by atoms with van der Waals surface area (Å²) in [5.41, 5.74) is 0.162. The number of rotatable bonds is 4. The Labute approximate surface area is 166 Å². The summed E-state index contributed by atoms with van der Waals surface area (Å²) in [5, 5.41) is 10.7. The summed E-state index contributed by atoms with van der Waals surface area (Å²) in [7, 11) is -1.56. The van der Waals surface area contributed by atoms with Crippen LogP contribution < -0.4 is 10.2 Å². The molecule has 8 nitrogen and oxygen atoms in total. The maximum absolute atomic E-state index is 12.6. The second-order valence-corrected chi connectivity index (χ2v) is 9.32. The first kappa shape index (κ1) is 19.3. The Kier molecular flexibility index (Phi) is 4.70. The highest BCUT2D eigenvalue weighted by molar-refractivity contribution is 7.91. The lowest BCUT2D eigenvalue weighted by Crippen LogP contribution is -2.40. The molecule has 0 bridgehead atoms. The third-order valence-corrected chi connectivity index (χ3v) is 6.90. The van der Waals surface area contributed by atoms with E-state index in [-0.39, 0.29) is 58.0 Å². The van der Waals surface area contributed by atoms with E-state index in [0.29, 0.717) is 17.4 Å². The summed E-state index contributed by atoms with van der Waals surface area (Å²) < 4.78 is 34.4. The minimum atomic E-state index is -3.10. The van der Waals surface area contributed by atoms with Crippen molar-refractivity contribution in [3.05, 3.63) is 46.6 Å². The van der Waals surface area contributed by atoms with Gasteiger partial charge in [-0.15, -0.1) is 0 Å². The zero-order valence-electron chi connectivity index (χ0n) is 15.6. The molecule has 9 heteroatoms. The number of hydrogen-bond donors (Lipinski definition) is 1. The minimum Gasteiger partial charge on any atom is -0.507 e. The number of hydrogen-bond acceptors (Lipinski definition) is 7. The topological polar surface area (TPSA) is 114 Å². The number of para-hydroxylation sites is 1. The molecule has 1 fully saturated rings. The summed E-state index contributed by atoms with van der Waals surface area (Å²) >= 11 is 0. The Balaban J connectivity index is 1.56. The van der Waals surface area contributed by atoms with Crippen molar-refractivity contribution in [3.63, 3.8) is 0 Å². The molecule has 2 heterocycles. The van der Waals surface area contributed by atoms with Gasteiger partial charge >= 0.3 is 0 Å². The van der Waals surface area contributed by atoms with E-state index in [9.17, 15) is 23.1 Å². The van der Waals surface area contributed by atoms with Crippen LogP contribution in [0.15, 0.2) is 45.6 Å². The highest BCUT2D eigenvalue weighted by atomic mass is 32.2. The van der Waals surface area contributed by atoms with Gasteiger partial charge in [0.2, 0.25) is 5.43 Å². The normalized spacial score (nSPS) is 18.2. The van der Waals surface area contributed by atoms with Gasteiger partial charge in [0, 0.05) is 25.2 Å². The summed E-state index contributed by atoms with van der Waals surface area (Å²) in [5.74, 6) is -0.507. The monoisotopic (exact) mass is 417 g/mol. The quantitative estimate of drug-likeness (QED) is 0.642. The number of ether oxygens (including phenoxy) is 1. The molecule has 2 aromatic carbocycles. The van der Waals surface area contributed by atoms with E-state index in [0.717, 1.165) is 0 Å². The molecule has 0 saturated carbocycles. The third-order valence-electron chi connectivity index (χ3n) is 5.15. The lowest BCUT2D eigenvalue weighted by molar-refractivity contribution is -0.133. The number of sulfone groups is 1. The van der Waals surface area contributed by atoms with Gasteiger partial charge in [0.25, 0.3) is 5.91 Å². The zero-order valence-corrected chi connectivity index (χ0v) is 16.4. The number of benzene rings is 2. The Bertz CT molecular complexity index is 1280. The van der Waals surface area contributed by atoms with Crippen LogP contribution in [0.25, 0.3) is 21.9 Å². The Morgan fingerprint density at radius 1 is 1.28 bits per heavy atom. The van der Waals surface area contributed by atoms with Crippen LogP contribution in [0, 0.1) is 0 Å². The average Bonchev–Trinajstić information content (AvgIpc) is 3.05. The first-order valence-corrected chi connectivity index (χ1v) is 10.8. The number of aromatic hydroxyl groups is 1. The molecule has 3 aromatic rings. The summed E-state index contributed by atoms with van der Waals surface area (Å²) in [4.78, 5) is 26.3. The van der Waals surface area contributed by atoms with Gasteiger partial charge in [0.15, 0.2) is 16.4 Å². The molecule has 1 N–H and O–H groups in total. The van der Waals surface area contributed by atoms with Gasteiger partial charge in [-0.25, -0.2) is 8.42 Å². The second kappa shape index (κ2) is 7.07. The minimum absolute atomic E-state index is 0.0376. The number of amides is 1. The van der Waals surface area contributed by atoms with Crippen molar-refractivity contribution in [1.82, 2.24) is 4.90 Å². The molecule has 0 radical (unpaired) electrons. The molecular weight excluding hydrogens is 398 g/mol. The smallest absolute Gasteiger partial charge is 0.260 e. The first-order valence-electron chi connectivity index (χ1n) is 9.02. The fraction of sp³-hybridized carbons (Fsp3) is 0.300. The van der Waals surface area contributed by atoms with Crippen molar-refractivity contribution in [2.45, 2.75) is 12.5 Å². The van der Waals surface area contributed by atoms with Crippen LogP contribution in [0.2, 0.25) is 0 Å². The Hall–Kier alpha value is -3.07. The maximum atomic E-state index is 12.6. The predicted molar refractivity (Wildman–Crippen MR) is 107 cm³/mol. The summed E-state index contributed by atoms with van der Waals surface area (Å²) in [6.45, 7) is -0.337. The third kappa shape index (κ3) is 3.65. The van der Waals surface area contributed by atoms with Crippen molar-refractivity contribution >= 4 is 37.7 Å². The van der Waals surface area contributed by atoms with E-state index >= 15 is 0 Å². The number of phenols is 1. The largest absolute Gasteiger partial charge is 0.507 e. The molecule has 1 aliphatic heterocycles. The number of carbonyl (C=O) groups excluding carboxylic acids is 1. The molecule has 1 atom stereocenters. The van der Waals surface area contributed by atoms with Crippen LogP contribution in [0.3, 0.4) is 0 Å². The Morgan fingerprint density at radius 3 is 2.76 bits per heavy atom. The fourth-order valence-electron chi connectivity index (χ4n) is 3.50. The second-order valence-electron chi connectivity index (χ2n) is 7.09. The first-order chi connectivity index (χ1) is 13.7. The van der Waals surface area contributed by atoms with Crippen molar-refractivity contribution < 1.29 is 27.5 Å². The molecule has 0 spiro atoms. The Morgan fingerprint density at radius 2 is 2.03 bits per heavy atom.